The summed E-state index contributed by atoms with van der Waals surface area (Å²) in [6, 6.07) is 16.8. The lowest BCUT2D eigenvalue weighted by Gasteiger charge is -2.22. The molecule has 1 fully saturated rings. The Labute approximate surface area is 185 Å². The van der Waals surface area contributed by atoms with Gasteiger partial charge in [-0.1, -0.05) is 37.3 Å². The minimum Gasteiger partial charge on any atom is -0.368 e. The van der Waals surface area contributed by atoms with Crippen molar-refractivity contribution < 1.29 is 0 Å². The largest absolute Gasteiger partial charge is 0.368 e. The molecule has 5 rings (SSSR count). The fraction of sp³-hybridized carbons (Fsp3) is 0.304. The molecule has 4 aromatic rings. The van der Waals surface area contributed by atoms with E-state index in [-0.39, 0.29) is 12.0 Å². The van der Waals surface area contributed by atoms with Crippen LogP contribution >= 0.6 is 11.3 Å². The number of aryl methyl sites for hydroxylation is 1. The van der Waals surface area contributed by atoms with E-state index in [1.54, 1.807) is 11.3 Å². The van der Waals surface area contributed by atoms with Gasteiger partial charge in [0.15, 0.2) is 0 Å². The highest BCUT2D eigenvalue weighted by atomic mass is 32.1. The second kappa shape index (κ2) is 8.56. The van der Waals surface area contributed by atoms with E-state index >= 15 is 0 Å². The van der Waals surface area contributed by atoms with Crippen molar-refractivity contribution >= 4 is 39.1 Å². The first kappa shape index (κ1) is 19.8. The number of para-hydroxylation sites is 2. The number of hydrogen-bond donors (Lipinski definition) is 2. The van der Waals surface area contributed by atoms with Gasteiger partial charge in [0.1, 0.15) is 10.8 Å². The first-order valence-corrected chi connectivity index (χ1v) is 11.5. The maximum atomic E-state index is 6.02. The number of fused-ring (bicyclic) bond motifs is 1. The molecule has 1 saturated heterocycles. The summed E-state index contributed by atoms with van der Waals surface area (Å²) in [6.45, 7) is 3.74. The predicted octanol–water partition coefficient (Wildman–Crippen LogP) is 4.71. The molecule has 0 saturated carbocycles. The third-order valence-electron chi connectivity index (χ3n) is 5.65. The lowest BCUT2D eigenvalue weighted by molar-refractivity contribution is 0.242. The average Bonchev–Trinajstić information content (AvgIpc) is 3.40. The monoisotopic (exact) mass is 431 g/mol. The number of thiazole rings is 1. The van der Waals surface area contributed by atoms with Crippen LogP contribution in [0.1, 0.15) is 42.2 Å². The maximum Gasteiger partial charge on any atom is 0.232 e. The molecule has 2 aromatic carbocycles. The molecule has 2 aromatic heterocycles. The average molecular weight is 432 g/mol. The van der Waals surface area contributed by atoms with Crippen LogP contribution in [-0.4, -0.2) is 31.4 Å². The Morgan fingerprint density at radius 3 is 2.77 bits per heavy atom. The van der Waals surface area contributed by atoms with Crippen molar-refractivity contribution in [1.82, 2.24) is 24.8 Å². The fourth-order valence-corrected chi connectivity index (χ4v) is 5.28. The molecule has 1 unspecified atom stereocenters. The van der Waals surface area contributed by atoms with E-state index < -0.39 is 0 Å². The summed E-state index contributed by atoms with van der Waals surface area (Å²) in [4.78, 5) is 20.7. The van der Waals surface area contributed by atoms with Gasteiger partial charge in [0.25, 0.3) is 0 Å². The molecule has 1 aliphatic heterocycles. The molecule has 0 radical (unpaired) electrons. The number of nitrogen functional groups attached to an aromatic ring is 1. The number of rotatable bonds is 6. The van der Waals surface area contributed by atoms with Crippen molar-refractivity contribution in [2.24, 2.45) is 0 Å². The van der Waals surface area contributed by atoms with E-state index in [1.165, 1.54) is 10.3 Å². The van der Waals surface area contributed by atoms with Gasteiger partial charge in [0, 0.05) is 5.69 Å². The van der Waals surface area contributed by atoms with E-state index in [0.29, 0.717) is 18.3 Å². The summed E-state index contributed by atoms with van der Waals surface area (Å²) in [5, 5.41) is 4.48. The minimum atomic E-state index is 0.234. The number of benzene rings is 2. The highest BCUT2D eigenvalue weighted by molar-refractivity contribution is 7.18. The molecule has 8 heteroatoms. The van der Waals surface area contributed by atoms with Gasteiger partial charge in [-0.15, -0.1) is 11.3 Å². The minimum absolute atomic E-state index is 0.234. The Morgan fingerprint density at radius 2 is 1.90 bits per heavy atom. The van der Waals surface area contributed by atoms with Gasteiger partial charge in [0.05, 0.1) is 22.8 Å². The smallest absolute Gasteiger partial charge is 0.232 e. The van der Waals surface area contributed by atoms with E-state index in [2.05, 4.69) is 56.4 Å². The van der Waals surface area contributed by atoms with Crippen molar-refractivity contribution in [1.29, 1.82) is 0 Å². The quantitative estimate of drug-likeness (QED) is 0.457. The first-order valence-electron chi connectivity index (χ1n) is 10.6. The highest BCUT2D eigenvalue weighted by Crippen LogP contribution is 2.37. The molecular weight excluding hydrogens is 406 g/mol. The second-order valence-corrected chi connectivity index (χ2v) is 8.78. The number of anilines is 3. The third-order valence-corrected chi connectivity index (χ3v) is 6.79. The zero-order valence-corrected chi connectivity index (χ0v) is 18.3. The van der Waals surface area contributed by atoms with Crippen LogP contribution in [0.5, 0.6) is 0 Å². The van der Waals surface area contributed by atoms with Gasteiger partial charge < -0.3 is 11.1 Å². The van der Waals surface area contributed by atoms with Crippen molar-refractivity contribution in [2.45, 2.75) is 38.8 Å². The number of nitrogens with two attached hydrogens (primary N) is 1. The van der Waals surface area contributed by atoms with Crippen LogP contribution in [0, 0.1) is 0 Å². The van der Waals surface area contributed by atoms with Crippen molar-refractivity contribution in [3.8, 4) is 0 Å². The number of hydrogen-bond acceptors (Lipinski definition) is 8. The van der Waals surface area contributed by atoms with Crippen LogP contribution in [0.4, 0.5) is 17.6 Å². The van der Waals surface area contributed by atoms with Crippen molar-refractivity contribution in [3.63, 3.8) is 0 Å². The number of aromatic nitrogens is 4. The van der Waals surface area contributed by atoms with Gasteiger partial charge in [0.2, 0.25) is 11.9 Å². The molecule has 158 valence electrons. The summed E-state index contributed by atoms with van der Waals surface area (Å²) in [5.41, 5.74) is 9.30. The topological polar surface area (TPSA) is 92.8 Å². The third kappa shape index (κ3) is 4.22. The Balaban J connectivity index is 1.37. The zero-order valence-electron chi connectivity index (χ0n) is 17.5. The van der Waals surface area contributed by atoms with Crippen LogP contribution in [-0.2, 0) is 13.0 Å². The summed E-state index contributed by atoms with van der Waals surface area (Å²) in [6.07, 6.45) is 3.15. The molecule has 0 aliphatic carbocycles. The van der Waals surface area contributed by atoms with Crippen LogP contribution in [0.2, 0.25) is 0 Å². The van der Waals surface area contributed by atoms with Crippen LogP contribution in [0.25, 0.3) is 10.2 Å². The molecule has 3 N–H and O–H groups in total. The molecule has 0 amide bonds. The summed E-state index contributed by atoms with van der Waals surface area (Å²) >= 11 is 1.78. The van der Waals surface area contributed by atoms with Gasteiger partial charge in [-0.05, 0) is 49.6 Å². The normalized spacial score (nSPS) is 16.7. The zero-order chi connectivity index (χ0) is 21.2. The Bertz CT molecular complexity index is 1170. The van der Waals surface area contributed by atoms with E-state index in [1.807, 2.05) is 24.3 Å². The van der Waals surface area contributed by atoms with Crippen LogP contribution < -0.4 is 11.1 Å². The Kier molecular flexibility index (Phi) is 5.48. The van der Waals surface area contributed by atoms with Crippen molar-refractivity contribution in [3.05, 3.63) is 64.9 Å². The molecule has 1 aliphatic rings. The number of nitrogens with zero attached hydrogens (tertiary/aromatic N) is 5. The Hall–Kier alpha value is -3.10. The lowest BCUT2D eigenvalue weighted by Crippen LogP contribution is -2.24. The summed E-state index contributed by atoms with van der Waals surface area (Å²) < 4.78 is 1.23. The van der Waals surface area contributed by atoms with E-state index in [0.717, 1.165) is 42.0 Å². The van der Waals surface area contributed by atoms with Gasteiger partial charge >= 0.3 is 0 Å². The number of likely N-dealkylation sites (tertiary alicyclic amines) is 1. The summed E-state index contributed by atoms with van der Waals surface area (Å²) in [5.74, 6) is 1.40. The SMILES string of the molecule is CCc1ccccc1Nc1nc(N)nc(CN2CCCC2c2nc3ccccc3s2)n1. The fourth-order valence-electron chi connectivity index (χ4n) is 4.14. The summed E-state index contributed by atoms with van der Waals surface area (Å²) in [7, 11) is 0. The molecular formula is C23H25N7S. The standard InChI is InChI=1S/C23H25N7S/c1-2-15-8-3-4-9-16(15)26-23-28-20(27-22(24)29-23)14-30-13-7-11-18(30)21-25-17-10-5-6-12-19(17)31-21/h3-6,8-10,12,18H,2,7,11,13-14H2,1H3,(H3,24,26,27,28,29). The highest BCUT2D eigenvalue weighted by Gasteiger charge is 2.29. The van der Waals surface area contributed by atoms with Gasteiger partial charge in [-0.2, -0.15) is 15.0 Å². The van der Waals surface area contributed by atoms with Crippen molar-refractivity contribution in [2.75, 3.05) is 17.6 Å². The molecule has 31 heavy (non-hydrogen) atoms. The molecule has 7 nitrogen and oxygen atoms in total. The van der Waals surface area contributed by atoms with Crippen LogP contribution in [0.3, 0.4) is 0 Å². The van der Waals surface area contributed by atoms with Gasteiger partial charge in [-0.3, -0.25) is 4.90 Å². The van der Waals surface area contributed by atoms with Crippen LogP contribution in [0.15, 0.2) is 48.5 Å². The molecule has 3 heterocycles. The van der Waals surface area contributed by atoms with Gasteiger partial charge in [-0.25, -0.2) is 4.98 Å². The molecule has 0 bridgehead atoms. The maximum absolute atomic E-state index is 6.02. The Morgan fingerprint density at radius 1 is 1.06 bits per heavy atom. The number of nitrogens with one attached hydrogen (secondary N) is 1. The molecule has 1 atom stereocenters. The van der Waals surface area contributed by atoms with E-state index in [9.17, 15) is 0 Å². The van der Waals surface area contributed by atoms with E-state index in [4.69, 9.17) is 10.7 Å². The lowest BCUT2D eigenvalue weighted by atomic mass is 10.1. The first-order chi connectivity index (χ1) is 15.2. The second-order valence-electron chi connectivity index (χ2n) is 7.72. The molecule has 0 spiro atoms. The predicted molar refractivity (Wildman–Crippen MR) is 125 cm³/mol.